The molecule has 3 N–H and O–H groups in total. The van der Waals surface area contributed by atoms with Gasteiger partial charge in [0.1, 0.15) is 5.75 Å². The maximum Gasteiger partial charge on any atom is 0.121 e. The summed E-state index contributed by atoms with van der Waals surface area (Å²) >= 11 is 0. The van der Waals surface area contributed by atoms with Gasteiger partial charge in [0.15, 0.2) is 0 Å². The minimum Gasteiger partial charge on any atom is -0.507 e. The number of likely N-dealkylation sites (tertiary alicyclic amines) is 1. The van der Waals surface area contributed by atoms with E-state index in [1.807, 2.05) is 13.8 Å². The van der Waals surface area contributed by atoms with Gasteiger partial charge in [-0.2, -0.15) is 0 Å². The predicted molar refractivity (Wildman–Crippen MR) is 74.7 cm³/mol. The van der Waals surface area contributed by atoms with Crippen LogP contribution in [0.25, 0.3) is 0 Å². The summed E-state index contributed by atoms with van der Waals surface area (Å²) in [6.45, 7) is 8.19. The van der Waals surface area contributed by atoms with Crippen LogP contribution in [0.1, 0.15) is 36.5 Å². The lowest BCUT2D eigenvalue weighted by Crippen LogP contribution is -2.44. The molecule has 0 aromatic heterocycles. The Hall–Kier alpha value is -1.06. The van der Waals surface area contributed by atoms with Crippen LogP contribution in [0.15, 0.2) is 12.1 Å². The zero-order chi connectivity index (χ0) is 13.3. The van der Waals surface area contributed by atoms with Gasteiger partial charge < -0.3 is 10.8 Å². The van der Waals surface area contributed by atoms with Gasteiger partial charge >= 0.3 is 0 Å². The first-order valence-corrected chi connectivity index (χ1v) is 6.76. The molecule has 0 aliphatic carbocycles. The SMILES string of the molecule is Cc1cc(CN2CCC(N)CC2C)cc(C)c1O. The fourth-order valence-electron chi connectivity index (χ4n) is 2.86. The third kappa shape index (κ3) is 2.85. The molecule has 2 rings (SSSR count). The van der Waals surface area contributed by atoms with Gasteiger partial charge in [0, 0.05) is 25.2 Å². The maximum absolute atomic E-state index is 9.79. The highest BCUT2D eigenvalue weighted by atomic mass is 16.3. The molecule has 18 heavy (non-hydrogen) atoms. The van der Waals surface area contributed by atoms with E-state index >= 15 is 0 Å². The Morgan fingerprint density at radius 1 is 1.33 bits per heavy atom. The molecule has 3 heteroatoms. The summed E-state index contributed by atoms with van der Waals surface area (Å²) in [7, 11) is 0. The molecular formula is C15H24N2O. The van der Waals surface area contributed by atoms with Crippen molar-refractivity contribution >= 4 is 0 Å². The minimum absolute atomic E-state index is 0.361. The molecule has 2 atom stereocenters. The second kappa shape index (κ2) is 5.29. The monoisotopic (exact) mass is 248 g/mol. The number of aromatic hydroxyl groups is 1. The smallest absolute Gasteiger partial charge is 0.121 e. The first kappa shape index (κ1) is 13.4. The molecule has 1 saturated heterocycles. The lowest BCUT2D eigenvalue weighted by atomic mass is 9.97. The fourth-order valence-corrected chi connectivity index (χ4v) is 2.86. The van der Waals surface area contributed by atoms with Crippen molar-refractivity contribution in [2.24, 2.45) is 5.73 Å². The molecule has 3 nitrogen and oxygen atoms in total. The lowest BCUT2D eigenvalue weighted by molar-refractivity contribution is 0.140. The summed E-state index contributed by atoms with van der Waals surface area (Å²) in [6, 6.07) is 5.08. The minimum atomic E-state index is 0.361. The Balaban J connectivity index is 2.10. The van der Waals surface area contributed by atoms with Gasteiger partial charge in [-0.25, -0.2) is 0 Å². The van der Waals surface area contributed by atoms with Gasteiger partial charge in [0.05, 0.1) is 0 Å². The van der Waals surface area contributed by atoms with E-state index in [0.29, 0.717) is 17.8 Å². The molecule has 2 unspecified atom stereocenters. The number of piperidine rings is 1. The van der Waals surface area contributed by atoms with Gasteiger partial charge in [-0.1, -0.05) is 12.1 Å². The zero-order valence-corrected chi connectivity index (χ0v) is 11.6. The molecule has 1 aromatic rings. The molecule has 1 aliphatic heterocycles. The third-order valence-electron chi connectivity index (χ3n) is 3.99. The standard InChI is InChI=1S/C15H24N2O/c1-10-6-13(7-11(2)15(10)18)9-17-5-4-14(16)8-12(17)3/h6-7,12,14,18H,4-5,8-9,16H2,1-3H3. The maximum atomic E-state index is 9.79. The number of hydrogen-bond acceptors (Lipinski definition) is 3. The zero-order valence-electron chi connectivity index (χ0n) is 11.6. The van der Waals surface area contributed by atoms with Crippen molar-refractivity contribution in [3.63, 3.8) is 0 Å². The van der Waals surface area contributed by atoms with Gasteiger partial charge in [0.2, 0.25) is 0 Å². The Morgan fingerprint density at radius 3 is 2.50 bits per heavy atom. The number of phenolic OH excluding ortho intramolecular Hbond substituents is 1. The van der Waals surface area contributed by atoms with Gasteiger partial charge in [-0.05, 0) is 50.3 Å². The molecule has 100 valence electrons. The largest absolute Gasteiger partial charge is 0.507 e. The van der Waals surface area contributed by atoms with Crippen LogP contribution in [0.4, 0.5) is 0 Å². The van der Waals surface area contributed by atoms with Crippen molar-refractivity contribution in [3.8, 4) is 5.75 Å². The summed E-state index contributed by atoms with van der Waals surface area (Å²) < 4.78 is 0. The molecule has 0 saturated carbocycles. The molecular weight excluding hydrogens is 224 g/mol. The summed E-state index contributed by atoms with van der Waals surface area (Å²) in [5.74, 6) is 0.424. The molecule has 0 spiro atoms. The Kier molecular flexibility index (Phi) is 3.93. The normalized spacial score (nSPS) is 25.3. The fraction of sp³-hybridized carbons (Fsp3) is 0.600. The highest BCUT2D eigenvalue weighted by Gasteiger charge is 2.23. The number of hydrogen-bond donors (Lipinski definition) is 2. The van der Waals surface area contributed by atoms with E-state index in [1.165, 1.54) is 5.56 Å². The summed E-state index contributed by atoms with van der Waals surface area (Å²) in [4.78, 5) is 2.48. The van der Waals surface area contributed by atoms with Crippen molar-refractivity contribution in [3.05, 3.63) is 28.8 Å². The van der Waals surface area contributed by atoms with E-state index in [9.17, 15) is 5.11 Å². The number of aryl methyl sites for hydroxylation is 2. The molecule has 1 aliphatic rings. The van der Waals surface area contributed by atoms with E-state index in [4.69, 9.17) is 5.73 Å². The lowest BCUT2D eigenvalue weighted by Gasteiger charge is -2.36. The molecule has 1 fully saturated rings. The second-order valence-corrected chi connectivity index (χ2v) is 5.68. The topological polar surface area (TPSA) is 49.5 Å². The van der Waals surface area contributed by atoms with E-state index < -0.39 is 0 Å². The van der Waals surface area contributed by atoms with Crippen molar-refractivity contribution in [2.45, 2.75) is 52.2 Å². The van der Waals surface area contributed by atoms with Crippen LogP contribution >= 0.6 is 0 Å². The molecule has 1 aromatic carbocycles. The highest BCUT2D eigenvalue weighted by Crippen LogP contribution is 2.25. The van der Waals surface area contributed by atoms with Crippen LogP contribution in [0.2, 0.25) is 0 Å². The summed E-state index contributed by atoms with van der Waals surface area (Å²) in [5.41, 5.74) is 9.20. The van der Waals surface area contributed by atoms with E-state index in [1.54, 1.807) is 0 Å². The van der Waals surface area contributed by atoms with Crippen LogP contribution in [-0.2, 0) is 6.54 Å². The third-order valence-corrected chi connectivity index (χ3v) is 3.99. The summed E-state index contributed by atoms with van der Waals surface area (Å²) in [6.07, 6.45) is 2.16. The van der Waals surface area contributed by atoms with Gasteiger partial charge in [-0.3, -0.25) is 4.90 Å². The Bertz CT molecular complexity index is 407. The van der Waals surface area contributed by atoms with E-state index in [-0.39, 0.29) is 0 Å². The number of nitrogens with two attached hydrogens (primary N) is 1. The van der Waals surface area contributed by atoms with Crippen molar-refractivity contribution in [2.75, 3.05) is 6.54 Å². The number of rotatable bonds is 2. The number of benzene rings is 1. The van der Waals surface area contributed by atoms with E-state index in [2.05, 4.69) is 24.0 Å². The van der Waals surface area contributed by atoms with Crippen LogP contribution in [0.3, 0.4) is 0 Å². The van der Waals surface area contributed by atoms with Crippen LogP contribution in [-0.4, -0.2) is 28.6 Å². The van der Waals surface area contributed by atoms with Crippen LogP contribution in [0.5, 0.6) is 5.75 Å². The molecule has 1 heterocycles. The van der Waals surface area contributed by atoms with Crippen LogP contribution in [0, 0.1) is 13.8 Å². The van der Waals surface area contributed by atoms with Crippen molar-refractivity contribution in [1.82, 2.24) is 4.90 Å². The molecule has 0 amide bonds. The Labute approximate surface area is 110 Å². The van der Waals surface area contributed by atoms with Crippen LogP contribution < -0.4 is 5.73 Å². The van der Waals surface area contributed by atoms with Gasteiger partial charge in [0.25, 0.3) is 0 Å². The molecule has 0 bridgehead atoms. The highest BCUT2D eigenvalue weighted by molar-refractivity contribution is 5.42. The average molecular weight is 248 g/mol. The second-order valence-electron chi connectivity index (χ2n) is 5.68. The predicted octanol–water partition coefficient (Wildman–Crippen LogP) is 2.32. The average Bonchev–Trinajstić information content (AvgIpc) is 2.29. The first-order chi connectivity index (χ1) is 8.47. The number of phenols is 1. The van der Waals surface area contributed by atoms with Crippen molar-refractivity contribution in [1.29, 1.82) is 0 Å². The molecule has 0 radical (unpaired) electrons. The number of nitrogens with zero attached hydrogens (tertiary/aromatic N) is 1. The first-order valence-electron chi connectivity index (χ1n) is 6.76. The van der Waals surface area contributed by atoms with E-state index in [0.717, 1.165) is 37.1 Å². The van der Waals surface area contributed by atoms with Gasteiger partial charge in [-0.15, -0.1) is 0 Å². The Morgan fingerprint density at radius 2 is 1.94 bits per heavy atom. The van der Waals surface area contributed by atoms with Crippen molar-refractivity contribution < 1.29 is 5.11 Å². The quantitative estimate of drug-likeness (QED) is 0.844. The summed E-state index contributed by atoms with van der Waals surface area (Å²) in [5, 5.41) is 9.79.